The molecule has 1 N–H and O–H groups in total. The fraction of sp³-hybridized carbons (Fsp3) is 0. The molecule has 0 aromatic rings. The molecule has 0 fully saturated rings. The molecule has 0 aromatic heterocycles. The van der Waals surface area contributed by atoms with Gasteiger partial charge in [0.1, 0.15) is 0 Å². The molecule has 0 aliphatic carbocycles. The van der Waals surface area contributed by atoms with E-state index in [4.69, 9.17) is 32.2 Å². The number of rotatable bonds is 2. The van der Waals surface area contributed by atoms with Crippen LogP contribution in [0.2, 0.25) is 0 Å². The Morgan fingerprint density at radius 1 is 1.25 bits per heavy atom. The van der Waals surface area contributed by atoms with Crippen molar-refractivity contribution < 1.29 is 51.7 Å². The second kappa shape index (κ2) is 11.0. The quantitative estimate of drug-likeness (QED) is 0.199. The number of carbonyl (C=O) groups excluding carboxylic acids is 1. The summed E-state index contributed by atoms with van der Waals surface area (Å²) in [6.07, 6.45) is -0.167. The molecular weight excluding hydrogens is 266 g/mol. The first kappa shape index (κ1) is 17.9. The van der Waals surface area contributed by atoms with E-state index in [0.29, 0.717) is 0 Å². The minimum atomic E-state index is -2.95. The van der Waals surface area contributed by atoms with Crippen molar-refractivity contribution in [3.05, 3.63) is 0 Å². The molecule has 10 heteroatoms. The Bertz CT molecular complexity index is 178. The van der Waals surface area contributed by atoms with Crippen LogP contribution in [0, 0.1) is 0 Å². The van der Waals surface area contributed by atoms with E-state index >= 15 is 0 Å². The summed E-state index contributed by atoms with van der Waals surface area (Å²) in [6, 6.07) is 0. The number of hydrogen-bond donors (Lipinski definition) is 1. The van der Waals surface area contributed by atoms with Crippen molar-refractivity contribution in [3.8, 4) is 0 Å². The molecule has 2 atom stereocenters. The van der Waals surface area contributed by atoms with E-state index in [1.807, 2.05) is 0 Å². The van der Waals surface area contributed by atoms with Gasteiger partial charge in [0.15, 0.2) is 0 Å². The van der Waals surface area contributed by atoms with E-state index in [9.17, 15) is 0 Å². The standard InChI is InChI=1S/C2H2O3.H2O4S2.Zn/c3-1-2(4)5;1-5(2)6(3)4;/h1H,(H,4,5);(H,1,2)(H,3,4);/q;;+2/p-2. The Morgan fingerprint density at radius 3 is 1.42 bits per heavy atom. The monoisotopic (exact) mass is 266 g/mol. The van der Waals surface area contributed by atoms with E-state index in [2.05, 4.69) is 0 Å². The topological polar surface area (TPSA) is 135 Å². The van der Waals surface area contributed by atoms with Crippen LogP contribution < -0.4 is 0 Å². The van der Waals surface area contributed by atoms with Gasteiger partial charge < -0.3 is 14.2 Å². The second-order valence-electron chi connectivity index (χ2n) is 0.864. The third kappa shape index (κ3) is 22.5. The van der Waals surface area contributed by atoms with Crippen LogP contribution in [0.5, 0.6) is 0 Å². The Labute approximate surface area is 84.3 Å². The Morgan fingerprint density at radius 2 is 1.42 bits per heavy atom. The average molecular weight is 268 g/mol. The van der Waals surface area contributed by atoms with Crippen LogP contribution >= 0.6 is 0 Å². The Hall–Kier alpha value is -0.0166. The fourth-order valence-corrected chi connectivity index (χ4v) is 0. The fourth-order valence-electron chi connectivity index (χ4n) is 0. The average Bonchev–Trinajstić information content (AvgIpc) is 1.89. The summed E-state index contributed by atoms with van der Waals surface area (Å²) in [5.41, 5.74) is 0. The van der Waals surface area contributed by atoms with Crippen LogP contribution in [0.1, 0.15) is 0 Å². The maximum absolute atomic E-state index is 9.09. The molecule has 0 radical (unpaired) electrons. The maximum Gasteiger partial charge on any atom is 2.00 e. The van der Waals surface area contributed by atoms with Gasteiger partial charge in [-0.2, -0.15) is 0 Å². The summed E-state index contributed by atoms with van der Waals surface area (Å²) in [5, 5.41) is 7.35. The molecule has 0 aromatic carbocycles. The zero-order valence-electron chi connectivity index (χ0n) is 5.50. The second-order valence-corrected chi connectivity index (χ2v) is 3.31. The van der Waals surface area contributed by atoms with Crippen LogP contribution in [0.15, 0.2) is 0 Å². The zero-order chi connectivity index (χ0) is 9.44. The molecule has 0 spiro atoms. The van der Waals surface area contributed by atoms with Gasteiger partial charge in [-0.15, -0.1) is 0 Å². The van der Waals surface area contributed by atoms with Crippen molar-refractivity contribution in [2.75, 3.05) is 0 Å². The van der Waals surface area contributed by atoms with Crippen LogP contribution in [0.4, 0.5) is 0 Å². The Kier molecular flexibility index (Phi) is 16.4. The van der Waals surface area contributed by atoms with E-state index in [1.165, 1.54) is 0 Å². The maximum atomic E-state index is 9.09. The van der Waals surface area contributed by atoms with Crippen molar-refractivity contribution in [2.45, 2.75) is 0 Å². The molecule has 0 bridgehead atoms. The number of hydrogen-bond acceptors (Lipinski definition) is 6. The number of aliphatic carboxylic acids is 1. The van der Waals surface area contributed by atoms with Gasteiger partial charge in [-0.3, -0.25) is 13.2 Å². The van der Waals surface area contributed by atoms with Crippen molar-refractivity contribution in [1.29, 1.82) is 0 Å². The molecule has 0 rings (SSSR count). The molecule has 0 saturated carbocycles. The van der Waals surface area contributed by atoms with Crippen molar-refractivity contribution in [3.63, 3.8) is 0 Å². The molecule has 66 valence electrons. The summed E-state index contributed by atoms with van der Waals surface area (Å²) in [7, 11) is -5.90. The molecule has 0 aliphatic heterocycles. The zero-order valence-corrected chi connectivity index (χ0v) is 10.1. The van der Waals surface area contributed by atoms with Gasteiger partial charge in [0.25, 0.3) is 0 Å². The molecule has 0 saturated heterocycles. The van der Waals surface area contributed by atoms with E-state index in [0.717, 1.165) is 0 Å². The van der Waals surface area contributed by atoms with E-state index < -0.39 is 26.2 Å². The summed E-state index contributed by atoms with van der Waals surface area (Å²) >= 11 is 0. The number of carboxylic acids is 1. The molecule has 0 amide bonds. The van der Waals surface area contributed by atoms with Crippen molar-refractivity contribution in [1.82, 2.24) is 0 Å². The van der Waals surface area contributed by atoms with Gasteiger partial charge in [-0.05, 0) is 0 Å². The van der Waals surface area contributed by atoms with Gasteiger partial charge in [-0.25, -0.2) is 4.79 Å². The van der Waals surface area contributed by atoms with Crippen molar-refractivity contribution in [2.24, 2.45) is 0 Å². The largest absolute Gasteiger partial charge is 2.00 e. The van der Waals surface area contributed by atoms with Gasteiger partial charge >= 0.3 is 25.4 Å². The molecule has 0 heterocycles. The van der Waals surface area contributed by atoms with Crippen LogP contribution in [0.3, 0.4) is 0 Å². The first-order chi connectivity index (χ1) is 4.91. The summed E-state index contributed by atoms with van der Waals surface area (Å²) in [6.45, 7) is 0. The smallest absolute Gasteiger partial charge is 0.763 e. The minimum Gasteiger partial charge on any atom is -0.763 e. The third-order valence-electron chi connectivity index (χ3n) is 0.212. The van der Waals surface area contributed by atoms with Crippen LogP contribution in [-0.2, 0) is 49.3 Å². The summed E-state index contributed by atoms with van der Waals surface area (Å²) < 4.78 is 36.3. The third-order valence-corrected chi connectivity index (χ3v) is 1.10. The van der Waals surface area contributed by atoms with Crippen molar-refractivity contribution >= 4 is 32.5 Å². The molecule has 12 heavy (non-hydrogen) atoms. The SMILES string of the molecule is O=CC(=O)O.O=S([O-])S(=O)[O-].[Zn+2]. The van der Waals surface area contributed by atoms with Gasteiger partial charge in [-0.1, -0.05) is 0 Å². The summed E-state index contributed by atoms with van der Waals surface area (Å²) in [4.78, 5) is 17.9. The van der Waals surface area contributed by atoms with Crippen LogP contribution in [0.25, 0.3) is 0 Å². The number of aldehydes is 1. The first-order valence-corrected chi connectivity index (χ1v) is 4.45. The summed E-state index contributed by atoms with van der Waals surface area (Å²) in [5.74, 6) is -1.43. The first-order valence-electron chi connectivity index (χ1n) is 1.79. The Balaban J connectivity index is -0.000000126. The predicted molar refractivity (Wildman–Crippen MR) is 31.5 cm³/mol. The van der Waals surface area contributed by atoms with Crippen LogP contribution in [-0.4, -0.2) is 34.9 Å². The van der Waals surface area contributed by atoms with Gasteiger partial charge in [0.2, 0.25) is 6.29 Å². The number of carbonyl (C=O) groups is 2. The van der Waals surface area contributed by atoms with E-state index in [1.54, 1.807) is 0 Å². The predicted octanol–water partition coefficient (Wildman–Crippen LogP) is -2.07. The van der Waals surface area contributed by atoms with Gasteiger partial charge in [0.05, 0.1) is 0 Å². The molecule has 0 aliphatic rings. The molecule has 2 unspecified atom stereocenters. The normalized spacial score (nSPS) is 12.5. The van der Waals surface area contributed by atoms with E-state index in [-0.39, 0.29) is 25.8 Å². The molecular formula is C2H2O7S2Zn. The van der Waals surface area contributed by atoms with Gasteiger partial charge in [0, 0.05) is 20.2 Å². The molecule has 7 nitrogen and oxygen atoms in total. The number of carboxylic acid groups (broad SMARTS) is 1. The minimum absolute atomic E-state index is 0.